The maximum absolute atomic E-state index is 12.9. The first kappa shape index (κ1) is 23.8. The predicted molar refractivity (Wildman–Crippen MR) is 128 cm³/mol. The summed E-state index contributed by atoms with van der Waals surface area (Å²) in [7, 11) is -0.532. The lowest BCUT2D eigenvalue weighted by Crippen LogP contribution is -2.41. The molecule has 0 saturated carbocycles. The molecule has 9 heteroatoms. The van der Waals surface area contributed by atoms with Gasteiger partial charge in [0.1, 0.15) is 11.4 Å². The largest absolute Gasteiger partial charge is 0.494 e. The number of hydrogen-bond donors (Lipinski definition) is 1. The second kappa shape index (κ2) is 8.13. The highest BCUT2D eigenvalue weighted by Crippen LogP contribution is 2.36. The number of nitrogens with zero attached hydrogens (tertiary/aromatic N) is 2. The third-order valence-corrected chi connectivity index (χ3v) is 6.81. The van der Waals surface area contributed by atoms with E-state index in [4.69, 9.17) is 19.0 Å². The Labute approximate surface area is 195 Å². The molecule has 1 amide bonds. The Morgan fingerprint density at radius 3 is 2.33 bits per heavy atom. The zero-order chi connectivity index (χ0) is 24.2. The maximum Gasteiger partial charge on any atom is 0.494 e. The number of fused-ring (bicyclic) bond motifs is 1. The number of carbonyl (C=O) groups is 1. The van der Waals surface area contributed by atoms with Crippen LogP contribution in [0.3, 0.4) is 0 Å². The van der Waals surface area contributed by atoms with Gasteiger partial charge in [-0.05, 0) is 78.9 Å². The molecule has 4 rings (SSSR count). The summed E-state index contributed by atoms with van der Waals surface area (Å²) < 4.78 is 17.7. The fourth-order valence-electron chi connectivity index (χ4n) is 4.16. The Balaban J connectivity index is 1.50. The van der Waals surface area contributed by atoms with Crippen molar-refractivity contribution >= 4 is 29.6 Å². The van der Waals surface area contributed by atoms with Crippen molar-refractivity contribution in [1.82, 2.24) is 14.9 Å². The highest BCUT2D eigenvalue weighted by atomic mass is 16.7. The van der Waals surface area contributed by atoms with Crippen molar-refractivity contribution in [1.29, 1.82) is 0 Å². The van der Waals surface area contributed by atoms with Crippen LogP contribution in [0.15, 0.2) is 23.0 Å². The topological polar surface area (TPSA) is 93.8 Å². The van der Waals surface area contributed by atoms with Crippen LogP contribution in [0.2, 0.25) is 0 Å². The summed E-state index contributed by atoms with van der Waals surface area (Å²) in [5.74, 6) is 0.753. The minimum absolute atomic E-state index is 0.0866. The van der Waals surface area contributed by atoms with Crippen LogP contribution in [-0.2, 0) is 14.0 Å². The number of nitrogens with one attached hydrogen (secondary N) is 1. The smallest absolute Gasteiger partial charge is 0.444 e. The molecule has 33 heavy (non-hydrogen) atoms. The Hall–Kier alpha value is -2.39. The molecule has 1 aromatic heterocycles. The van der Waals surface area contributed by atoms with Gasteiger partial charge in [-0.1, -0.05) is 6.07 Å². The second-order valence-electron chi connectivity index (χ2n) is 11.1. The number of hydrogen-bond acceptors (Lipinski definition) is 6. The van der Waals surface area contributed by atoms with Gasteiger partial charge in [0.2, 0.25) is 0 Å². The van der Waals surface area contributed by atoms with Gasteiger partial charge < -0.3 is 23.9 Å². The number of H-pyrrole nitrogens is 1. The van der Waals surface area contributed by atoms with Crippen molar-refractivity contribution in [2.24, 2.45) is 0 Å². The highest BCUT2D eigenvalue weighted by Gasteiger charge is 2.51. The van der Waals surface area contributed by atoms with Gasteiger partial charge in [-0.3, -0.25) is 4.79 Å². The standard InChI is InChI=1S/C24H34BN3O5/c1-22(2,3)31-21(30)28-12-10-15(11-13-28)19-26-18-9-8-16(14-17(18)20(29)27-19)25-32-23(4,5)24(6,7)33-25/h8-9,14-15H,10-13H2,1-7H3,(H,26,27,29). The molecule has 0 aliphatic carbocycles. The van der Waals surface area contributed by atoms with Crippen molar-refractivity contribution in [2.75, 3.05) is 13.1 Å². The summed E-state index contributed by atoms with van der Waals surface area (Å²) in [5, 5.41) is 0.511. The summed E-state index contributed by atoms with van der Waals surface area (Å²) in [6, 6.07) is 5.56. The first-order chi connectivity index (χ1) is 15.3. The van der Waals surface area contributed by atoms with Crippen LogP contribution in [0.4, 0.5) is 4.79 Å². The molecular weight excluding hydrogens is 421 g/mol. The van der Waals surface area contributed by atoms with E-state index in [-0.39, 0.29) is 17.6 Å². The molecule has 0 bridgehead atoms. The molecule has 1 aromatic carbocycles. The lowest BCUT2D eigenvalue weighted by Gasteiger charge is -2.33. The molecule has 2 aromatic rings. The quantitative estimate of drug-likeness (QED) is 0.699. The van der Waals surface area contributed by atoms with Gasteiger partial charge in [0, 0.05) is 19.0 Å². The van der Waals surface area contributed by atoms with E-state index < -0.39 is 23.9 Å². The normalized spacial score (nSPS) is 20.9. The molecule has 2 saturated heterocycles. The van der Waals surface area contributed by atoms with E-state index in [2.05, 4.69) is 4.98 Å². The molecule has 0 atom stereocenters. The molecule has 2 aliphatic rings. The van der Waals surface area contributed by atoms with Crippen molar-refractivity contribution in [3.63, 3.8) is 0 Å². The van der Waals surface area contributed by atoms with Gasteiger partial charge in [0.15, 0.2) is 0 Å². The van der Waals surface area contributed by atoms with E-state index in [0.717, 1.165) is 18.3 Å². The summed E-state index contributed by atoms with van der Waals surface area (Å²) in [6.07, 6.45) is 1.15. The number of amides is 1. The predicted octanol–water partition coefficient (Wildman–Crippen LogP) is 3.34. The van der Waals surface area contributed by atoms with Crippen molar-refractivity contribution in [3.8, 4) is 0 Å². The number of benzene rings is 1. The van der Waals surface area contributed by atoms with Crippen LogP contribution in [-0.4, -0.2) is 58.0 Å². The number of rotatable bonds is 2. The zero-order valence-electron chi connectivity index (χ0n) is 20.7. The van der Waals surface area contributed by atoms with Crippen LogP contribution in [0.25, 0.3) is 10.9 Å². The fraction of sp³-hybridized carbons (Fsp3) is 0.625. The number of piperidine rings is 1. The third-order valence-electron chi connectivity index (χ3n) is 6.81. The van der Waals surface area contributed by atoms with E-state index >= 15 is 0 Å². The molecule has 3 heterocycles. The summed E-state index contributed by atoms with van der Waals surface area (Å²) >= 11 is 0. The Morgan fingerprint density at radius 2 is 1.76 bits per heavy atom. The maximum atomic E-state index is 12.9. The Morgan fingerprint density at radius 1 is 1.15 bits per heavy atom. The molecular formula is C24H34BN3O5. The van der Waals surface area contributed by atoms with E-state index in [0.29, 0.717) is 29.8 Å². The number of aromatic amines is 1. The molecule has 0 radical (unpaired) electrons. The van der Waals surface area contributed by atoms with E-state index in [1.54, 1.807) is 11.0 Å². The van der Waals surface area contributed by atoms with Gasteiger partial charge in [0.05, 0.1) is 22.1 Å². The average Bonchev–Trinajstić information content (AvgIpc) is 2.93. The van der Waals surface area contributed by atoms with Crippen molar-refractivity contribution in [2.45, 2.75) is 84.0 Å². The summed E-state index contributed by atoms with van der Waals surface area (Å²) in [6.45, 7) is 14.7. The Kier molecular flexibility index (Phi) is 5.85. The van der Waals surface area contributed by atoms with E-state index in [1.165, 1.54) is 0 Å². The van der Waals surface area contributed by atoms with Gasteiger partial charge in [-0.15, -0.1) is 0 Å². The molecule has 2 aliphatic heterocycles. The SMILES string of the molecule is CC(C)(C)OC(=O)N1CCC(c2nc3ccc(B4OC(C)(C)C(C)(C)O4)cc3c(=O)[nH]2)CC1. The molecule has 2 fully saturated rings. The van der Waals surface area contributed by atoms with Crippen LogP contribution < -0.4 is 11.0 Å². The number of carbonyl (C=O) groups excluding carboxylic acids is 1. The third kappa shape index (κ3) is 4.80. The summed E-state index contributed by atoms with van der Waals surface area (Å²) in [4.78, 5) is 34.7. The molecule has 8 nitrogen and oxygen atoms in total. The number of ether oxygens (including phenoxy) is 1. The minimum Gasteiger partial charge on any atom is -0.444 e. The highest BCUT2D eigenvalue weighted by molar-refractivity contribution is 6.62. The van der Waals surface area contributed by atoms with Gasteiger partial charge >= 0.3 is 13.2 Å². The van der Waals surface area contributed by atoms with Crippen LogP contribution in [0.1, 0.15) is 73.1 Å². The number of likely N-dealkylation sites (tertiary alicyclic amines) is 1. The van der Waals surface area contributed by atoms with Crippen molar-refractivity contribution in [3.05, 3.63) is 34.4 Å². The van der Waals surface area contributed by atoms with E-state index in [9.17, 15) is 9.59 Å². The van der Waals surface area contributed by atoms with Gasteiger partial charge in [-0.2, -0.15) is 0 Å². The van der Waals surface area contributed by atoms with Crippen molar-refractivity contribution < 1.29 is 18.8 Å². The average molecular weight is 455 g/mol. The van der Waals surface area contributed by atoms with Gasteiger partial charge in [-0.25, -0.2) is 9.78 Å². The van der Waals surface area contributed by atoms with Crippen LogP contribution >= 0.6 is 0 Å². The van der Waals surface area contributed by atoms with Crippen LogP contribution in [0.5, 0.6) is 0 Å². The number of aromatic nitrogens is 2. The van der Waals surface area contributed by atoms with E-state index in [1.807, 2.05) is 60.6 Å². The zero-order valence-corrected chi connectivity index (χ0v) is 20.7. The van der Waals surface area contributed by atoms with Gasteiger partial charge in [0.25, 0.3) is 5.56 Å². The second-order valence-corrected chi connectivity index (χ2v) is 11.1. The van der Waals surface area contributed by atoms with Crippen LogP contribution in [0, 0.1) is 0 Å². The molecule has 0 spiro atoms. The molecule has 1 N–H and O–H groups in total. The first-order valence-electron chi connectivity index (χ1n) is 11.6. The molecule has 178 valence electrons. The summed E-state index contributed by atoms with van der Waals surface area (Å²) in [5.41, 5.74) is -0.152. The monoisotopic (exact) mass is 455 g/mol. The minimum atomic E-state index is -0.532. The molecule has 0 unspecified atom stereocenters. The lowest BCUT2D eigenvalue weighted by atomic mass is 9.78. The fourth-order valence-corrected chi connectivity index (χ4v) is 4.16. The lowest BCUT2D eigenvalue weighted by molar-refractivity contribution is 0.00578. The first-order valence-corrected chi connectivity index (χ1v) is 11.6. The Bertz CT molecular complexity index is 1100.